The number of ether oxygens (including phenoxy) is 1. The van der Waals surface area contributed by atoms with Crippen LogP contribution in [0.1, 0.15) is 19.4 Å². The number of methoxy groups -OCH3 is 1. The molecular formula is C11H15OS. The lowest BCUT2D eigenvalue weighted by atomic mass is 10.2. The second kappa shape index (κ2) is 4.56. The Labute approximate surface area is 84.5 Å². The van der Waals surface area contributed by atoms with Crippen LogP contribution in [-0.2, 0) is 0 Å². The number of rotatable bonds is 3. The van der Waals surface area contributed by atoms with Crippen molar-refractivity contribution < 1.29 is 4.74 Å². The molecule has 0 unspecified atom stereocenters. The lowest BCUT2D eigenvalue weighted by Gasteiger charge is -2.08. The van der Waals surface area contributed by atoms with Gasteiger partial charge in [0.2, 0.25) is 0 Å². The predicted octanol–water partition coefficient (Wildman–Crippen LogP) is 3.38. The second-order valence-electron chi connectivity index (χ2n) is 3.18. The molecule has 0 aliphatic heterocycles. The van der Waals surface area contributed by atoms with Crippen LogP contribution in [0.3, 0.4) is 0 Å². The van der Waals surface area contributed by atoms with Crippen molar-refractivity contribution in [3.05, 3.63) is 30.7 Å². The Hall–Kier alpha value is -0.630. The van der Waals surface area contributed by atoms with E-state index in [9.17, 15) is 0 Å². The summed E-state index contributed by atoms with van der Waals surface area (Å²) in [6, 6.07) is 6.05. The van der Waals surface area contributed by atoms with E-state index in [2.05, 4.69) is 26.8 Å². The quantitative estimate of drug-likeness (QED) is 0.684. The minimum Gasteiger partial charge on any atom is -0.497 e. The summed E-state index contributed by atoms with van der Waals surface area (Å²) in [4.78, 5) is 1.22. The Balaban J connectivity index is 2.88. The molecule has 0 saturated carbocycles. The molecule has 13 heavy (non-hydrogen) atoms. The van der Waals surface area contributed by atoms with E-state index in [1.807, 2.05) is 23.9 Å². The maximum absolute atomic E-state index is 5.16. The second-order valence-corrected chi connectivity index (χ2v) is 4.83. The summed E-state index contributed by atoms with van der Waals surface area (Å²) < 4.78 is 5.16. The van der Waals surface area contributed by atoms with E-state index in [1.165, 1.54) is 4.90 Å². The summed E-state index contributed by atoms with van der Waals surface area (Å²) in [5, 5.41) is 0.589. The van der Waals surface area contributed by atoms with Crippen LogP contribution in [0.25, 0.3) is 0 Å². The zero-order valence-electron chi connectivity index (χ0n) is 8.33. The van der Waals surface area contributed by atoms with Gasteiger partial charge in [-0.25, -0.2) is 0 Å². The van der Waals surface area contributed by atoms with E-state index >= 15 is 0 Å². The van der Waals surface area contributed by atoms with Gasteiger partial charge in [0.25, 0.3) is 0 Å². The van der Waals surface area contributed by atoms with Crippen molar-refractivity contribution in [3.63, 3.8) is 0 Å². The molecule has 0 amide bonds. The van der Waals surface area contributed by atoms with Gasteiger partial charge in [-0.15, -0.1) is 11.8 Å². The number of hydrogen-bond acceptors (Lipinski definition) is 2. The third-order valence-corrected chi connectivity index (χ3v) is 2.53. The summed E-state index contributed by atoms with van der Waals surface area (Å²) in [5.41, 5.74) is 1.00. The average molecular weight is 195 g/mol. The first-order valence-corrected chi connectivity index (χ1v) is 5.17. The van der Waals surface area contributed by atoms with E-state index in [1.54, 1.807) is 7.11 Å². The summed E-state index contributed by atoms with van der Waals surface area (Å²) in [6.07, 6.45) is 0. The van der Waals surface area contributed by atoms with Crippen LogP contribution in [0.15, 0.2) is 23.1 Å². The molecular weight excluding hydrogens is 180 g/mol. The molecule has 1 aromatic rings. The molecule has 0 aromatic heterocycles. The maximum Gasteiger partial charge on any atom is 0.120 e. The highest BCUT2D eigenvalue weighted by Crippen LogP contribution is 2.27. The van der Waals surface area contributed by atoms with Gasteiger partial charge in [0.1, 0.15) is 5.75 Å². The van der Waals surface area contributed by atoms with Gasteiger partial charge in [0.15, 0.2) is 0 Å². The van der Waals surface area contributed by atoms with Gasteiger partial charge in [-0.05, 0) is 30.7 Å². The van der Waals surface area contributed by atoms with E-state index in [-0.39, 0.29) is 0 Å². The monoisotopic (exact) mass is 195 g/mol. The van der Waals surface area contributed by atoms with Crippen LogP contribution < -0.4 is 4.74 Å². The molecule has 0 atom stereocenters. The fraction of sp³-hybridized carbons (Fsp3) is 0.364. The predicted molar refractivity (Wildman–Crippen MR) is 58.4 cm³/mol. The molecule has 1 nitrogen and oxygen atoms in total. The maximum atomic E-state index is 5.16. The first-order chi connectivity index (χ1) is 6.11. The number of hydrogen-bond donors (Lipinski definition) is 0. The summed E-state index contributed by atoms with van der Waals surface area (Å²) in [5.74, 6) is 0.885. The van der Waals surface area contributed by atoms with Crippen LogP contribution in [-0.4, -0.2) is 12.4 Å². The summed E-state index contributed by atoms with van der Waals surface area (Å²) in [7, 11) is 1.68. The summed E-state index contributed by atoms with van der Waals surface area (Å²) in [6.45, 7) is 8.25. The molecule has 1 radical (unpaired) electrons. The van der Waals surface area contributed by atoms with Crippen molar-refractivity contribution in [3.8, 4) is 5.75 Å². The van der Waals surface area contributed by atoms with Gasteiger partial charge in [0.05, 0.1) is 7.11 Å². The molecule has 0 bridgehead atoms. The highest BCUT2D eigenvalue weighted by atomic mass is 32.2. The Morgan fingerprint density at radius 1 is 1.31 bits per heavy atom. The third-order valence-electron chi connectivity index (χ3n) is 1.55. The Kier molecular flexibility index (Phi) is 3.67. The highest BCUT2D eigenvalue weighted by molar-refractivity contribution is 7.99. The first-order valence-electron chi connectivity index (χ1n) is 4.29. The minimum absolute atomic E-state index is 0.589. The average Bonchev–Trinajstić information content (AvgIpc) is 2.01. The molecule has 71 valence electrons. The van der Waals surface area contributed by atoms with Crippen LogP contribution in [0.5, 0.6) is 5.75 Å². The molecule has 0 aliphatic carbocycles. The van der Waals surface area contributed by atoms with E-state index in [0.29, 0.717) is 5.25 Å². The van der Waals surface area contributed by atoms with Gasteiger partial charge < -0.3 is 4.74 Å². The number of thioether (sulfide) groups is 1. The van der Waals surface area contributed by atoms with Crippen LogP contribution >= 0.6 is 11.8 Å². The molecule has 1 aromatic carbocycles. The zero-order valence-corrected chi connectivity index (χ0v) is 9.15. The molecule has 0 fully saturated rings. The Morgan fingerprint density at radius 3 is 2.54 bits per heavy atom. The van der Waals surface area contributed by atoms with Crippen LogP contribution in [0.4, 0.5) is 0 Å². The largest absolute Gasteiger partial charge is 0.497 e. The van der Waals surface area contributed by atoms with Crippen molar-refractivity contribution in [2.45, 2.75) is 24.0 Å². The molecule has 2 heteroatoms. The van der Waals surface area contributed by atoms with Crippen molar-refractivity contribution >= 4 is 11.8 Å². The topological polar surface area (TPSA) is 9.23 Å². The van der Waals surface area contributed by atoms with Crippen LogP contribution in [0.2, 0.25) is 0 Å². The first kappa shape index (κ1) is 10.5. The lowest BCUT2D eigenvalue weighted by Crippen LogP contribution is -1.89. The van der Waals surface area contributed by atoms with E-state index in [4.69, 9.17) is 4.74 Å². The molecule has 0 N–H and O–H groups in total. The number of benzene rings is 1. The molecule has 0 aliphatic rings. The molecule has 0 saturated heterocycles. The van der Waals surface area contributed by atoms with Crippen molar-refractivity contribution in [2.24, 2.45) is 0 Å². The normalized spacial score (nSPS) is 10.5. The Bertz CT molecular complexity index is 281. The van der Waals surface area contributed by atoms with Crippen molar-refractivity contribution in [1.82, 2.24) is 0 Å². The fourth-order valence-electron chi connectivity index (χ4n) is 1.09. The summed E-state index contributed by atoms with van der Waals surface area (Å²) >= 11 is 1.82. The molecule has 1 rings (SSSR count). The van der Waals surface area contributed by atoms with Crippen LogP contribution in [0, 0.1) is 6.92 Å². The van der Waals surface area contributed by atoms with Gasteiger partial charge in [-0.2, -0.15) is 0 Å². The van der Waals surface area contributed by atoms with E-state index in [0.717, 1.165) is 11.3 Å². The van der Waals surface area contributed by atoms with Crippen molar-refractivity contribution in [1.29, 1.82) is 0 Å². The van der Waals surface area contributed by atoms with Crippen molar-refractivity contribution in [2.75, 3.05) is 7.11 Å². The highest BCUT2D eigenvalue weighted by Gasteiger charge is 2.01. The van der Waals surface area contributed by atoms with E-state index < -0.39 is 0 Å². The van der Waals surface area contributed by atoms with Gasteiger partial charge >= 0.3 is 0 Å². The van der Waals surface area contributed by atoms with Gasteiger partial charge in [-0.1, -0.05) is 13.8 Å². The van der Waals surface area contributed by atoms with Gasteiger partial charge in [-0.3, -0.25) is 0 Å². The van der Waals surface area contributed by atoms with Gasteiger partial charge in [0, 0.05) is 10.1 Å². The molecule has 0 heterocycles. The third kappa shape index (κ3) is 3.31. The Morgan fingerprint density at radius 2 is 2.00 bits per heavy atom. The standard InChI is InChI=1S/C11H15OS/c1-8(2)13-11-6-9(3)5-10(7-11)12-4/h5-8H,3H2,1-2,4H3. The smallest absolute Gasteiger partial charge is 0.120 e. The zero-order chi connectivity index (χ0) is 9.84. The lowest BCUT2D eigenvalue weighted by molar-refractivity contribution is 0.413. The minimum atomic E-state index is 0.589. The fourth-order valence-corrected chi connectivity index (χ4v) is 2.04. The SMILES string of the molecule is [CH2]c1cc(OC)cc(SC(C)C)c1. The molecule has 0 spiro atoms.